The van der Waals surface area contributed by atoms with Gasteiger partial charge >= 0.3 is 0 Å². The third-order valence-electron chi connectivity index (χ3n) is 8.13. The van der Waals surface area contributed by atoms with Crippen LogP contribution in [0.25, 0.3) is 10.9 Å². The minimum absolute atomic E-state index is 0.0940. The fraction of sp³-hybridized carbons (Fsp3) is 0.344. The Hall–Kier alpha value is -3.97. The molecule has 2 N–H and O–H groups in total. The number of nitrogens with zero attached hydrogens (tertiary/aromatic N) is 4. The van der Waals surface area contributed by atoms with Crippen molar-refractivity contribution in [3.8, 4) is 0 Å². The molecule has 1 fully saturated rings. The molecule has 0 unspecified atom stereocenters. The zero-order valence-electron chi connectivity index (χ0n) is 23.4. The largest absolute Gasteiger partial charge is 0.371 e. The van der Waals surface area contributed by atoms with Crippen molar-refractivity contribution in [2.24, 2.45) is 0 Å². The van der Waals surface area contributed by atoms with E-state index < -0.39 is 5.41 Å². The molecular weight excluding hydrogens is 484 g/mol. The van der Waals surface area contributed by atoms with Crippen molar-refractivity contribution in [1.82, 2.24) is 14.9 Å². The Morgan fingerprint density at radius 1 is 1.03 bits per heavy atom. The fourth-order valence-corrected chi connectivity index (χ4v) is 6.24. The van der Waals surface area contributed by atoms with Gasteiger partial charge in [0.1, 0.15) is 5.82 Å². The highest BCUT2D eigenvalue weighted by Crippen LogP contribution is 2.45. The molecular formula is C32H36N6O. The van der Waals surface area contributed by atoms with Crippen molar-refractivity contribution in [2.75, 3.05) is 42.7 Å². The molecule has 39 heavy (non-hydrogen) atoms. The van der Waals surface area contributed by atoms with Crippen molar-refractivity contribution in [3.05, 3.63) is 82.7 Å². The fourth-order valence-electron chi connectivity index (χ4n) is 6.24. The number of aryl methyl sites for hydroxylation is 3. The Kier molecular flexibility index (Phi) is 6.26. The maximum absolute atomic E-state index is 13.2. The number of hydrogen-bond acceptors (Lipinski definition) is 6. The molecule has 4 heterocycles. The van der Waals surface area contributed by atoms with E-state index in [1.807, 2.05) is 27.2 Å². The normalized spacial score (nSPS) is 16.2. The molecule has 0 aliphatic carbocycles. The molecule has 6 rings (SSSR count). The number of pyridine rings is 2. The molecule has 7 heteroatoms. The lowest BCUT2D eigenvalue weighted by Gasteiger charge is -2.39. The summed E-state index contributed by atoms with van der Waals surface area (Å²) in [4.78, 5) is 27.0. The zero-order chi connectivity index (χ0) is 27.3. The smallest absolute Gasteiger partial charge is 0.236 e. The lowest BCUT2D eigenvalue weighted by molar-refractivity contribution is -0.121. The van der Waals surface area contributed by atoms with Crippen LogP contribution in [0.4, 0.5) is 22.9 Å². The Morgan fingerprint density at radius 2 is 1.77 bits per heavy atom. The van der Waals surface area contributed by atoms with Gasteiger partial charge in [-0.3, -0.25) is 9.78 Å². The highest BCUT2D eigenvalue weighted by atomic mass is 16.2. The number of carbonyl (C=O) groups is 1. The van der Waals surface area contributed by atoms with Crippen LogP contribution in [0.1, 0.15) is 40.8 Å². The maximum atomic E-state index is 13.2. The van der Waals surface area contributed by atoms with Crippen LogP contribution < -0.4 is 15.5 Å². The second-order valence-electron chi connectivity index (χ2n) is 11.5. The van der Waals surface area contributed by atoms with Gasteiger partial charge in [-0.2, -0.15) is 0 Å². The lowest BCUT2D eigenvalue weighted by atomic mass is 9.73. The van der Waals surface area contributed by atoms with Crippen molar-refractivity contribution in [2.45, 2.75) is 45.6 Å². The van der Waals surface area contributed by atoms with Gasteiger partial charge in [-0.05, 0) is 101 Å². The third kappa shape index (κ3) is 4.61. The highest BCUT2D eigenvalue weighted by Gasteiger charge is 2.49. The Labute approximate surface area is 230 Å². The number of benzene rings is 2. The first-order valence-electron chi connectivity index (χ1n) is 13.7. The molecule has 0 bridgehead atoms. The second-order valence-corrected chi connectivity index (χ2v) is 11.5. The van der Waals surface area contributed by atoms with Gasteiger partial charge in [0.05, 0.1) is 10.9 Å². The molecule has 1 spiro atoms. The van der Waals surface area contributed by atoms with E-state index in [2.05, 4.69) is 87.8 Å². The summed E-state index contributed by atoms with van der Waals surface area (Å²) in [6.45, 7) is 8.74. The third-order valence-corrected chi connectivity index (χ3v) is 8.13. The van der Waals surface area contributed by atoms with Gasteiger partial charge in [-0.1, -0.05) is 11.6 Å². The number of piperidine rings is 1. The van der Waals surface area contributed by atoms with E-state index in [0.717, 1.165) is 77.4 Å². The van der Waals surface area contributed by atoms with Gasteiger partial charge in [-0.25, -0.2) is 4.98 Å². The van der Waals surface area contributed by atoms with Crippen LogP contribution in [0.2, 0.25) is 0 Å². The van der Waals surface area contributed by atoms with Crippen LogP contribution in [-0.4, -0.2) is 48.0 Å². The van der Waals surface area contributed by atoms with Crippen LogP contribution in [0.5, 0.6) is 0 Å². The van der Waals surface area contributed by atoms with E-state index in [1.165, 1.54) is 16.8 Å². The molecule has 200 valence electrons. The first-order valence-corrected chi connectivity index (χ1v) is 13.7. The van der Waals surface area contributed by atoms with Gasteiger partial charge in [0.2, 0.25) is 5.91 Å². The SMILES string of the molecule is Cc1cc(C)c2nc(C)cc(Nc3ccc(N4CCC5(CC4)C(=O)Nc4ncc(CN(C)C)cc45)cc3)c2c1. The monoisotopic (exact) mass is 520 g/mol. The topological polar surface area (TPSA) is 73.4 Å². The standard InChI is InChI=1S/C32H36N6O/c1-20-14-21(2)29-26(15-20)28(16-22(3)34-29)35-24-6-8-25(9-7-24)38-12-10-32(11-13-38)27-17-23(19-37(4)5)18-33-30(27)36-31(32)39/h6-9,14-18H,10-13,19H2,1-5H3,(H,34,35)(H,33,36,39). The molecule has 7 nitrogen and oxygen atoms in total. The predicted octanol–water partition coefficient (Wildman–Crippen LogP) is 5.85. The first kappa shape index (κ1) is 25.3. The van der Waals surface area contributed by atoms with Gasteiger partial charge < -0.3 is 20.4 Å². The number of rotatable bonds is 5. The van der Waals surface area contributed by atoms with Gasteiger partial charge in [0, 0.05) is 59.5 Å². The summed E-state index contributed by atoms with van der Waals surface area (Å²) in [5.41, 5.74) is 9.48. The molecule has 2 aliphatic rings. The van der Waals surface area contributed by atoms with Crippen molar-refractivity contribution in [3.63, 3.8) is 0 Å². The lowest BCUT2D eigenvalue weighted by Crippen LogP contribution is -2.46. The number of hydrogen-bond donors (Lipinski definition) is 2. The average Bonchev–Trinajstić information content (AvgIpc) is 3.15. The number of nitrogens with one attached hydrogen (secondary N) is 2. The predicted molar refractivity (Wildman–Crippen MR) is 159 cm³/mol. The number of aromatic nitrogens is 2. The van der Waals surface area contributed by atoms with Crippen molar-refractivity contribution >= 4 is 39.7 Å². The quantitative estimate of drug-likeness (QED) is 0.344. The summed E-state index contributed by atoms with van der Waals surface area (Å²) >= 11 is 0. The van der Waals surface area contributed by atoms with Crippen LogP contribution >= 0.6 is 0 Å². The summed E-state index contributed by atoms with van der Waals surface area (Å²) in [6.07, 6.45) is 3.43. The van der Waals surface area contributed by atoms with Crippen LogP contribution in [0.15, 0.2) is 54.7 Å². The molecule has 2 aliphatic heterocycles. The molecule has 2 aromatic heterocycles. The van der Waals surface area contributed by atoms with Crippen LogP contribution in [0.3, 0.4) is 0 Å². The van der Waals surface area contributed by atoms with E-state index in [9.17, 15) is 4.79 Å². The van der Waals surface area contributed by atoms with Crippen LogP contribution in [-0.2, 0) is 16.8 Å². The van der Waals surface area contributed by atoms with E-state index >= 15 is 0 Å². The van der Waals surface area contributed by atoms with Crippen molar-refractivity contribution in [1.29, 1.82) is 0 Å². The van der Waals surface area contributed by atoms with E-state index in [4.69, 9.17) is 4.98 Å². The van der Waals surface area contributed by atoms with Gasteiger partial charge in [-0.15, -0.1) is 0 Å². The molecule has 0 saturated carbocycles. The Morgan fingerprint density at radius 3 is 2.49 bits per heavy atom. The number of fused-ring (bicyclic) bond motifs is 3. The minimum Gasteiger partial charge on any atom is -0.371 e. The minimum atomic E-state index is -0.487. The van der Waals surface area contributed by atoms with E-state index in [0.29, 0.717) is 0 Å². The molecule has 2 aromatic carbocycles. The average molecular weight is 521 g/mol. The van der Waals surface area contributed by atoms with Crippen molar-refractivity contribution < 1.29 is 4.79 Å². The van der Waals surface area contributed by atoms with Crippen LogP contribution in [0, 0.1) is 20.8 Å². The summed E-state index contributed by atoms with van der Waals surface area (Å²) in [7, 11) is 4.10. The Bertz CT molecular complexity index is 1570. The maximum Gasteiger partial charge on any atom is 0.236 e. The zero-order valence-corrected chi connectivity index (χ0v) is 23.4. The number of carbonyl (C=O) groups excluding carboxylic acids is 1. The van der Waals surface area contributed by atoms with Gasteiger partial charge in [0.15, 0.2) is 0 Å². The molecule has 0 radical (unpaired) electrons. The van der Waals surface area contributed by atoms with E-state index in [1.54, 1.807) is 0 Å². The summed E-state index contributed by atoms with van der Waals surface area (Å²) < 4.78 is 0. The number of anilines is 4. The molecule has 4 aromatic rings. The molecule has 1 saturated heterocycles. The van der Waals surface area contributed by atoms with E-state index in [-0.39, 0.29) is 5.91 Å². The first-order chi connectivity index (χ1) is 18.7. The second kappa shape index (κ2) is 9.65. The number of amides is 1. The Balaban J connectivity index is 1.19. The summed E-state index contributed by atoms with van der Waals surface area (Å²) in [5.74, 6) is 0.826. The highest BCUT2D eigenvalue weighted by molar-refractivity contribution is 6.05. The van der Waals surface area contributed by atoms with Gasteiger partial charge in [0.25, 0.3) is 0 Å². The summed E-state index contributed by atoms with van der Waals surface area (Å²) in [6, 6.07) is 17.3. The molecule has 0 atom stereocenters. The molecule has 1 amide bonds. The summed E-state index contributed by atoms with van der Waals surface area (Å²) in [5, 5.41) is 7.82.